The maximum absolute atomic E-state index is 12.3. The summed E-state index contributed by atoms with van der Waals surface area (Å²) < 4.78 is 0. The smallest absolute Gasteiger partial charge is 0.258 e. The fourth-order valence-electron chi connectivity index (χ4n) is 3.05. The molecule has 0 aliphatic carbocycles. The molecule has 0 saturated carbocycles. The van der Waals surface area contributed by atoms with Gasteiger partial charge in [0.1, 0.15) is 0 Å². The Bertz CT molecular complexity index is 1190. The van der Waals surface area contributed by atoms with E-state index in [9.17, 15) is 4.79 Å². The molecule has 7 nitrogen and oxygen atoms in total. The monoisotopic (exact) mass is 382 g/mol. The Morgan fingerprint density at radius 2 is 1.93 bits per heavy atom. The summed E-state index contributed by atoms with van der Waals surface area (Å²) in [5.74, 6) is 0.137. The molecule has 142 valence electrons. The van der Waals surface area contributed by atoms with Gasteiger partial charge < -0.3 is 15.6 Å². The Morgan fingerprint density at radius 1 is 1.10 bits per heavy atom. The summed E-state index contributed by atoms with van der Waals surface area (Å²) in [5.41, 5.74) is 3.72. The summed E-state index contributed by atoms with van der Waals surface area (Å²) in [6, 6.07) is 16.9. The lowest BCUT2D eigenvalue weighted by Gasteiger charge is -2.07. The number of hydrogen-bond acceptors (Lipinski definition) is 5. The minimum Gasteiger partial charge on any atom is -0.361 e. The number of carbonyl (C=O) groups is 1. The number of hydrogen-bond donors (Lipinski definition) is 3. The van der Waals surface area contributed by atoms with Crippen molar-refractivity contribution in [2.75, 3.05) is 17.2 Å². The molecular formula is C22H18N6O. The van der Waals surface area contributed by atoms with Crippen LogP contribution in [0.4, 0.5) is 11.6 Å². The zero-order chi connectivity index (χ0) is 20.1. The van der Waals surface area contributed by atoms with Gasteiger partial charge in [-0.2, -0.15) is 5.26 Å². The van der Waals surface area contributed by atoms with Crippen LogP contribution in [0, 0.1) is 11.3 Å². The Balaban J connectivity index is 1.34. The first kappa shape index (κ1) is 18.2. The molecule has 4 aromatic rings. The summed E-state index contributed by atoms with van der Waals surface area (Å²) in [4.78, 5) is 24.0. The third kappa shape index (κ3) is 4.22. The topological polar surface area (TPSA) is 106 Å². The van der Waals surface area contributed by atoms with Crippen LogP contribution in [0.25, 0.3) is 10.9 Å². The van der Waals surface area contributed by atoms with E-state index in [-0.39, 0.29) is 5.91 Å². The number of amides is 1. The number of anilines is 2. The zero-order valence-corrected chi connectivity index (χ0v) is 15.5. The minimum atomic E-state index is -0.328. The van der Waals surface area contributed by atoms with Gasteiger partial charge in [0, 0.05) is 41.7 Å². The normalized spacial score (nSPS) is 10.4. The van der Waals surface area contributed by atoms with Crippen LogP contribution in [-0.4, -0.2) is 27.4 Å². The van der Waals surface area contributed by atoms with Gasteiger partial charge in [0.05, 0.1) is 17.2 Å². The van der Waals surface area contributed by atoms with E-state index in [2.05, 4.69) is 37.7 Å². The molecule has 3 N–H and O–H groups in total. The van der Waals surface area contributed by atoms with Crippen molar-refractivity contribution in [1.82, 2.24) is 15.0 Å². The third-order valence-corrected chi connectivity index (χ3v) is 4.52. The summed E-state index contributed by atoms with van der Waals surface area (Å²) in [5, 5.41) is 16.1. The molecule has 4 rings (SSSR count). The first-order valence-electron chi connectivity index (χ1n) is 9.15. The van der Waals surface area contributed by atoms with Crippen molar-refractivity contribution in [3.05, 3.63) is 83.8 Å². The lowest BCUT2D eigenvalue weighted by molar-refractivity contribution is 0.102. The van der Waals surface area contributed by atoms with Crippen molar-refractivity contribution in [2.45, 2.75) is 6.42 Å². The number of rotatable bonds is 6. The molecule has 0 unspecified atom stereocenters. The van der Waals surface area contributed by atoms with Gasteiger partial charge in [0.2, 0.25) is 5.95 Å². The molecular weight excluding hydrogens is 364 g/mol. The second-order valence-corrected chi connectivity index (χ2v) is 6.48. The first-order chi connectivity index (χ1) is 14.2. The summed E-state index contributed by atoms with van der Waals surface area (Å²) in [6.07, 6.45) is 5.79. The van der Waals surface area contributed by atoms with Crippen LogP contribution in [-0.2, 0) is 6.42 Å². The summed E-state index contributed by atoms with van der Waals surface area (Å²) in [6.45, 7) is 0.675. The van der Waals surface area contributed by atoms with Gasteiger partial charge in [-0.05, 0) is 36.2 Å². The molecule has 0 spiro atoms. The molecule has 0 bridgehead atoms. The number of aromatic nitrogens is 3. The molecule has 0 aliphatic heterocycles. The molecule has 0 atom stereocenters. The average molecular weight is 382 g/mol. The van der Waals surface area contributed by atoms with Crippen LogP contribution < -0.4 is 10.6 Å². The number of nitriles is 1. The van der Waals surface area contributed by atoms with Crippen molar-refractivity contribution in [3.8, 4) is 6.07 Å². The van der Waals surface area contributed by atoms with Crippen LogP contribution in [0.2, 0.25) is 0 Å². The van der Waals surface area contributed by atoms with Crippen LogP contribution >= 0.6 is 0 Å². The number of aromatic amines is 1. The highest BCUT2D eigenvalue weighted by Crippen LogP contribution is 2.18. The summed E-state index contributed by atoms with van der Waals surface area (Å²) >= 11 is 0. The largest absolute Gasteiger partial charge is 0.361 e. The number of H-pyrrole nitrogens is 1. The van der Waals surface area contributed by atoms with Gasteiger partial charge in [-0.3, -0.25) is 4.79 Å². The molecule has 7 heteroatoms. The van der Waals surface area contributed by atoms with Crippen LogP contribution in [0.1, 0.15) is 21.5 Å². The standard InChI is InChI=1S/C22H18N6O/c23-11-15-4-3-5-18(10-15)28-21(29)17-13-26-22(27-14-17)24-9-8-16-12-25-20-7-2-1-6-19(16)20/h1-7,10,12-14,25H,8-9H2,(H,28,29)(H,24,26,27). The van der Waals surface area contributed by atoms with Gasteiger partial charge in [0.15, 0.2) is 0 Å². The van der Waals surface area contributed by atoms with E-state index in [1.54, 1.807) is 24.3 Å². The van der Waals surface area contributed by atoms with Crippen LogP contribution in [0.5, 0.6) is 0 Å². The number of para-hydroxylation sites is 1. The maximum atomic E-state index is 12.3. The highest BCUT2D eigenvalue weighted by atomic mass is 16.1. The number of fused-ring (bicyclic) bond motifs is 1. The van der Waals surface area contributed by atoms with E-state index in [0.717, 1.165) is 11.9 Å². The lowest BCUT2D eigenvalue weighted by Crippen LogP contribution is -2.14. The summed E-state index contributed by atoms with van der Waals surface area (Å²) in [7, 11) is 0. The molecule has 2 aromatic heterocycles. The molecule has 2 aromatic carbocycles. The van der Waals surface area contributed by atoms with E-state index in [1.165, 1.54) is 23.3 Å². The number of nitrogens with zero attached hydrogens (tertiary/aromatic N) is 3. The first-order valence-corrected chi connectivity index (χ1v) is 9.15. The average Bonchev–Trinajstić information content (AvgIpc) is 3.17. The van der Waals surface area contributed by atoms with E-state index in [0.29, 0.717) is 29.3 Å². The predicted molar refractivity (Wildman–Crippen MR) is 112 cm³/mol. The highest BCUT2D eigenvalue weighted by molar-refractivity contribution is 6.04. The number of benzene rings is 2. The fraction of sp³-hybridized carbons (Fsp3) is 0.0909. The predicted octanol–water partition coefficient (Wildman–Crippen LogP) is 3.74. The Hall–Kier alpha value is -4.18. The van der Waals surface area contributed by atoms with Crippen molar-refractivity contribution in [2.24, 2.45) is 0 Å². The molecule has 0 fully saturated rings. The highest BCUT2D eigenvalue weighted by Gasteiger charge is 2.08. The van der Waals surface area contributed by atoms with Gasteiger partial charge >= 0.3 is 0 Å². The molecule has 0 saturated heterocycles. The molecule has 0 radical (unpaired) electrons. The lowest BCUT2D eigenvalue weighted by atomic mass is 10.1. The molecule has 2 heterocycles. The number of nitrogens with one attached hydrogen (secondary N) is 3. The Kier molecular flexibility index (Phi) is 5.16. The van der Waals surface area contributed by atoms with Crippen molar-refractivity contribution < 1.29 is 4.79 Å². The third-order valence-electron chi connectivity index (χ3n) is 4.52. The van der Waals surface area contributed by atoms with Crippen molar-refractivity contribution in [1.29, 1.82) is 5.26 Å². The van der Waals surface area contributed by atoms with E-state index >= 15 is 0 Å². The van der Waals surface area contributed by atoms with Crippen LogP contribution in [0.15, 0.2) is 67.1 Å². The van der Waals surface area contributed by atoms with Gasteiger partial charge in [-0.15, -0.1) is 0 Å². The number of carbonyl (C=O) groups excluding carboxylic acids is 1. The van der Waals surface area contributed by atoms with Gasteiger partial charge in [-0.1, -0.05) is 24.3 Å². The zero-order valence-electron chi connectivity index (χ0n) is 15.5. The fourth-order valence-corrected chi connectivity index (χ4v) is 3.05. The van der Waals surface area contributed by atoms with Crippen molar-refractivity contribution in [3.63, 3.8) is 0 Å². The molecule has 29 heavy (non-hydrogen) atoms. The van der Waals surface area contributed by atoms with E-state index in [1.807, 2.05) is 24.4 Å². The Labute approximate surface area is 167 Å². The minimum absolute atomic E-state index is 0.328. The van der Waals surface area contributed by atoms with Crippen LogP contribution in [0.3, 0.4) is 0 Å². The second-order valence-electron chi connectivity index (χ2n) is 6.48. The van der Waals surface area contributed by atoms with E-state index < -0.39 is 0 Å². The van der Waals surface area contributed by atoms with Gasteiger partial charge in [-0.25, -0.2) is 9.97 Å². The quantitative estimate of drug-likeness (QED) is 0.471. The molecule has 0 aliphatic rings. The maximum Gasteiger partial charge on any atom is 0.258 e. The SMILES string of the molecule is N#Cc1cccc(NC(=O)c2cnc(NCCc3c[nH]c4ccccc34)nc2)c1. The van der Waals surface area contributed by atoms with Gasteiger partial charge in [0.25, 0.3) is 5.91 Å². The van der Waals surface area contributed by atoms with Crippen molar-refractivity contribution >= 4 is 28.4 Å². The molecule has 1 amide bonds. The Morgan fingerprint density at radius 3 is 2.76 bits per heavy atom. The van der Waals surface area contributed by atoms with E-state index in [4.69, 9.17) is 5.26 Å². The second kappa shape index (κ2) is 8.23.